The summed E-state index contributed by atoms with van der Waals surface area (Å²) in [6.07, 6.45) is 5.45. The van der Waals surface area contributed by atoms with Gasteiger partial charge in [-0.1, -0.05) is 25.5 Å². The molecule has 6 nitrogen and oxygen atoms in total. The highest BCUT2D eigenvalue weighted by molar-refractivity contribution is 5.90. The molecule has 0 fully saturated rings. The summed E-state index contributed by atoms with van der Waals surface area (Å²) in [7, 11) is 2.97. The van der Waals surface area contributed by atoms with Crippen molar-refractivity contribution in [2.24, 2.45) is 0 Å². The zero-order valence-electron chi connectivity index (χ0n) is 18.2. The average molecular weight is 424 g/mol. The number of H-pyrrole nitrogens is 1. The Morgan fingerprint density at radius 1 is 1.10 bits per heavy atom. The van der Waals surface area contributed by atoms with E-state index in [1.807, 2.05) is 18.3 Å². The maximum atomic E-state index is 11.9. The zero-order chi connectivity index (χ0) is 22.4. The number of rotatable bonds is 10. The maximum Gasteiger partial charge on any atom is 0.337 e. The second-order valence-corrected chi connectivity index (χ2v) is 7.66. The van der Waals surface area contributed by atoms with E-state index in [9.17, 15) is 9.59 Å². The minimum Gasteiger partial charge on any atom is -0.496 e. The Morgan fingerprint density at radius 2 is 1.90 bits per heavy atom. The predicted octanol–water partition coefficient (Wildman–Crippen LogP) is 5.30. The summed E-state index contributed by atoms with van der Waals surface area (Å²) in [6, 6.07) is 11.7. The minimum absolute atomic E-state index is 0.0923. The molecule has 164 valence electrons. The van der Waals surface area contributed by atoms with Crippen LogP contribution < -0.4 is 4.74 Å². The van der Waals surface area contributed by atoms with E-state index in [1.54, 1.807) is 19.2 Å². The third-order valence-corrected chi connectivity index (χ3v) is 5.62. The van der Waals surface area contributed by atoms with Gasteiger partial charge >= 0.3 is 11.9 Å². The number of carboxylic acids is 1. The monoisotopic (exact) mass is 423 g/mol. The Kier molecular flexibility index (Phi) is 7.34. The number of aromatic nitrogens is 1. The summed E-state index contributed by atoms with van der Waals surface area (Å²) in [6.45, 7) is 2.15. The Labute approximate surface area is 182 Å². The second-order valence-electron chi connectivity index (χ2n) is 7.66. The van der Waals surface area contributed by atoms with Gasteiger partial charge in [0.15, 0.2) is 0 Å². The van der Waals surface area contributed by atoms with Crippen molar-refractivity contribution in [2.45, 2.75) is 44.9 Å². The number of hydrogen-bond donors (Lipinski definition) is 2. The van der Waals surface area contributed by atoms with Gasteiger partial charge < -0.3 is 19.6 Å². The fourth-order valence-electron chi connectivity index (χ4n) is 4.09. The van der Waals surface area contributed by atoms with Crippen LogP contribution >= 0.6 is 0 Å². The van der Waals surface area contributed by atoms with Crippen LogP contribution in [0.4, 0.5) is 0 Å². The lowest BCUT2D eigenvalue weighted by Gasteiger charge is -2.20. The maximum absolute atomic E-state index is 11.9. The summed E-state index contributed by atoms with van der Waals surface area (Å²) in [5.41, 5.74) is 4.81. The van der Waals surface area contributed by atoms with Gasteiger partial charge in [0.25, 0.3) is 0 Å². The van der Waals surface area contributed by atoms with Crippen LogP contribution in [-0.2, 0) is 16.0 Å². The van der Waals surface area contributed by atoms with E-state index < -0.39 is 11.9 Å². The van der Waals surface area contributed by atoms with Crippen LogP contribution in [0.1, 0.15) is 65.6 Å². The highest BCUT2D eigenvalue weighted by atomic mass is 16.5. The van der Waals surface area contributed by atoms with E-state index in [1.165, 1.54) is 12.7 Å². The molecule has 3 aromatic rings. The van der Waals surface area contributed by atoms with E-state index in [4.69, 9.17) is 14.6 Å². The third kappa shape index (κ3) is 5.08. The van der Waals surface area contributed by atoms with Crippen molar-refractivity contribution >= 4 is 22.8 Å². The topological polar surface area (TPSA) is 88.6 Å². The Balaban J connectivity index is 2.01. The predicted molar refractivity (Wildman–Crippen MR) is 120 cm³/mol. The van der Waals surface area contributed by atoms with Crippen LogP contribution in [0.2, 0.25) is 0 Å². The molecule has 31 heavy (non-hydrogen) atoms. The molecular formula is C25H29NO5. The Hall–Kier alpha value is -3.28. The molecule has 0 spiro atoms. The third-order valence-electron chi connectivity index (χ3n) is 5.62. The van der Waals surface area contributed by atoms with Gasteiger partial charge in [0.1, 0.15) is 5.75 Å². The van der Waals surface area contributed by atoms with Crippen LogP contribution in [0.15, 0.2) is 42.6 Å². The van der Waals surface area contributed by atoms with E-state index >= 15 is 0 Å². The number of nitrogens with one attached hydrogen (secondary N) is 1. The number of aliphatic carboxylic acids is 1. The highest BCUT2D eigenvalue weighted by Crippen LogP contribution is 2.39. The molecule has 0 saturated carbocycles. The number of benzene rings is 2. The molecule has 1 heterocycles. The molecule has 0 amide bonds. The molecule has 1 aromatic heterocycles. The summed E-state index contributed by atoms with van der Waals surface area (Å²) in [5, 5.41) is 10.0. The molecule has 0 aliphatic rings. The van der Waals surface area contributed by atoms with Gasteiger partial charge in [-0.15, -0.1) is 0 Å². The molecule has 0 aliphatic heterocycles. The summed E-state index contributed by atoms with van der Waals surface area (Å²) in [5.74, 6) is -0.410. The molecule has 0 radical (unpaired) electrons. The number of methoxy groups -OCH3 is 2. The van der Waals surface area contributed by atoms with E-state index in [2.05, 4.69) is 24.0 Å². The van der Waals surface area contributed by atoms with E-state index in [0.717, 1.165) is 41.3 Å². The van der Waals surface area contributed by atoms with Gasteiger partial charge in [-0.25, -0.2) is 4.79 Å². The number of esters is 1. The van der Waals surface area contributed by atoms with Crippen molar-refractivity contribution in [3.05, 3.63) is 64.8 Å². The van der Waals surface area contributed by atoms with Crippen molar-refractivity contribution in [3.8, 4) is 5.75 Å². The Morgan fingerprint density at radius 3 is 2.58 bits per heavy atom. The van der Waals surface area contributed by atoms with Gasteiger partial charge in [0.05, 0.1) is 19.8 Å². The first-order chi connectivity index (χ1) is 15.0. The highest BCUT2D eigenvalue weighted by Gasteiger charge is 2.22. The largest absolute Gasteiger partial charge is 0.496 e. The number of carbonyl (C=O) groups excluding carboxylic acids is 1. The summed E-state index contributed by atoms with van der Waals surface area (Å²) < 4.78 is 10.5. The standard InChI is InChI=1S/C25H29NO5/c1-4-6-18(19-11-10-17(25(29)31-3)14-23(19)30-2)21-15-26-22-12-9-16(13-20(21)22)7-5-8-24(27)28/h9-15,18,26H,4-8H2,1-3H3,(H,27,28). The number of aryl methyl sites for hydroxylation is 1. The lowest BCUT2D eigenvalue weighted by atomic mass is 9.86. The smallest absolute Gasteiger partial charge is 0.337 e. The lowest BCUT2D eigenvalue weighted by Crippen LogP contribution is -2.06. The quantitative estimate of drug-likeness (QED) is 0.432. The number of carboxylic acid groups (broad SMARTS) is 1. The van der Waals surface area contributed by atoms with Crippen LogP contribution in [0.5, 0.6) is 5.75 Å². The molecule has 6 heteroatoms. The molecule has 0 saturated heterocycles. The van der Waals surface area contributed by atoms with Crippen molar-refractivity contribution in [1.82, 2.24) is 4.98 Å². The molecule has 3 rings (SSSR count). The number of fused-ring (bicyclic) bond motifs is 1. The van der Waals surface area contributed by atoms with Crippen LogP contribution in [0.3, 0.4) is 0 Å². The van der Waals surface area contributed by atoms with Crippen molar-refractivity contribution < 1.29 is 24.2 Å². The first-order valence-corrected chi connectivity index (χ1v) is 10.6. The molecule has 1 atom stereocenters. The average Bonchev–Trinajstić information content (AvgIpc) is 3.19. The summed E-state index contributed by atoms with van der Waals surface area (Å²) in [4.78, 5) is 26.1. The van der Waals surface area contributed by atoms with Crippen LogP contribution in [0.25, 0.3) is 10.9 Å². The van der Waals surface area contributed by atoms with Crippen LogP contribution in [0, 0.1) is 0 Å². The molecular weight excluding hydrogens is 394 g/mol. The first-order valence-electron chi connectivity index (χ1n) is 10.6. The molecule has 0 aliphatic carbocycles. The number of aromatic amines is 1. The fourth-order valence-corrected chi connectivity index (χ4v) is 4.09. The molecule has 2 aromatic carbocycles. The summed E-state index contributed by atoms with van der Waals surface area (Å²) >= 11 is 0. The van der Waals surface area contributed by atoms with Crippen molar-refractivity contribution in [2.75, 3.05) is 14.2 Å². The lowest BCUT2D eigenvalue weighted by molar-refractivity contribution is -0.137. The normalized spacial score (nSPS) is 12.0. The fraction of sp³-hybridized carbons (Fsp3) is 0.360. The van der Waals surface area contributed by atoms with Crippen molar-refractivity contribution in [3.63, 3.8) is 0 Å². The number of hydrogen-bond acceptors (Lipinski definition) is 4. The second kappa shape index (κ2) is 10.2. The SMILES string of the molecule is CCCC(c1ccc(C(=O)OC)cc1OC)c1c[nH]c2ccc(CCCC(=O)O)cc12. The van der Waals surface area contributed by atoms with Gasteiger partial charge in [-0.05, 0) is 54.7 Å². The van der Waals surface area contributed by atoms with Crippen LogP contribution in [-0.4, -0.2) is 36.2 Å². The van der Waals surface area contributed by atoms with E-state index in [-0.39, 0.29) is 12.3 Å². The molecule has 1 unspecified atom stereocenters. The first kappa shape index (κ1) is 22.4. The van der Waals surface area contributed by atoms with Gasteiger partial charge in [0, 0.05) is 35.0 Å². The van der Waals surface area contributed by atoms with Gasteiger partial charge in [0.2, 0.25) is 0 Å². The molecule has 0 bridgehead atoms. The minimum atomic E-state index is -0.770. The Bertz CT molecular complexity index is 1070. The van der Waals surface area contributed by atoms with Gasteiger partial charge in [-0.3, -0.25) is 4.79 Å². The molecule has 2 N–H and O–H groups in total. The zero-order valence-corrected chi connectivity index (χ0v) is 18.2. The van der Waals surface area contributed by atoms with Gasteiger partial charge in [-0.2, -0.15) is 0 Å². The number of carbonyl (C=O) groups is 2. The van der Waals surface area contributed by atoms with E-state index in [0.29, 0.717) is 17.7 Å². The van der Waals surface area contributed by atoms with Crippen molar-refractivity contribution in [1.29, 1.82) is 0 Å². The number of ether oxygens (including phenoxy) is 2.